The maximum Gasteiger partial charge on any atom is 0.407 e. The molecule has 1 aliphatic rings. The van der Waals surface area contributed by atoms with Crippen molar-refractivity contribution < 1.29 is 14.6 Å². The molecule has 1 amide bonds. The second-order valence-electron chi connectivity index (χ2n) is 5.21. The van der Waals surface area contributed by atoms with Gasteiger partial charge in [-0.25, -0.2) is 4.79 Å². The minimum Gasteiger partial charge on any atom is -0.444 e. The lowest BCUT2D eigenvalue weighted by Gasteiger charge is -2.23. The van der Waals surface area contributed by atoms with Crippen molar-refractivity contribution in [2.45, 2.75) is 44.8 Å². The van der Waals surface area contributed by atoms with Crippen LogP contribution in [0, 0.1) is 0 Å². The largest absolute Gasteiger partial charge is 0.444 e. The number of hydrogen-bond donors (Lipinski definition) is 2. The highest BCUT2D eigenvalue weighted by Gasteiger charge is 2.31. The van der Waals surface area contributed by atoms with Gasteiger partial charge in [-0.05, 0) is 39.4 Å². The topological polar surface area (TPSA) is 58.6 Å². The van der Waals surface area contributed by atoms with E-state index in [4.69, 9.17) is 4.74 Å². The summed E-state index contributed by atoms with van der Waals surface area (Å²) in [5.41, 5.74) is -1.07. The molecular formula is C11H21NO3S. The van der Waals surface area contributed by atoms with Crippen LogP contribution in [0.1, 0.15) is 33.6 Å². The molecule has 0 spiro atoms. The van der Waals surface area contributed by atoms with Gasteiger partial charge in [0.2, 0.25) is 0 Å². The first-order valence-electron chi connectivity index (χ1n) is 5.58. The van der Waals surface area contributed by atoms with Crippen molar-refractivity contribution in [1.29, 1.82) is 0 Å². The van der Waals surface area contributed by atoms with Gasteiger partial charge in [0.25, 0.3) is 0 Å². The van der Waals surface area contributed by atoms with Crippen molar-refractivity contribution in [3.05, 3.63) is 0 Å². The van der Waals surface area contributed by atoms with Crippen LogP contribution in [0.3, 0.4) is 0 Å². The number of thioether (sulfide) groups is 1. The molecule has 0 aliphatic carbocycles. The van der Waals surface area contributed by atoms with Crippen LogP contribution in [0.4, 0.5) is 4.79 Å². The summed E-state index contributed by atoms with van der Waals surface area (Å²) in [5.74, 6) is 1.77. The monoisotopic (exact) mass is 247 g/mol. The van der Waals surface area contributed by atoms with E-state index in [1.54, 1.807) is 11.8 Å². The third kappa shape index (κ3) is 5.07. The third-order valence-corrected chi connectivity index (χ3v) is 3.58. The van der Waals surface area contributed by atoms with Crippen molar-refractivity contribution in [2.24, 2.45) is 0 Å². The molecule has 1 unspecified atom stereocenters. The highest BCUT2D eigenvalue weighted by molar-refractivity contribution is 7.99. The highest BCUT2D eigenvalue weighted by Crippen LogP contribution is 2.30. The SMILES string of the molecule is CC(C)(C)OC(=O)NCCC1(O)CCSC1. The van der Waals surface area contributed by atoms with Crippen LogP contribution in [0.15, 0.2) is 0 Å². The summed E-state index contributed by atoms with van der Waals surface area (Å²) in [7, 11) is 0. The first kappa shape index (κ1) is 13.6. The normalized spacial score (nSPS) is 25.5. The Labute approximate surface area is 101 Å². The average Bonchev–Trinajstić information content (AvgIpc) is 2.49. The van der Waals surface area contributed by atoms with E-state index in [-0.39, 0.29) is 0 Å². The van der Waals surface area contributed by atoms with Gasteiger partial charge in [-0.2, -0.15) is 11.8 Å². The Hall–Kier alpha value is -0.420. The average molecular weight is 247 g/mol. The van der Waals surface area contributed by atoms with Gasteiger partial charge in [0, 0.05) is 12.3 Å². The number of carbonyl (C=O) groups excluding carboxylic acids is 1. The molecule has 1 fully saturated rings. The summed E-state index contributed by atoms with van der Waals surface area (Å²) in [5, 5.41) is 12.7. The molecule has 1 aliphatic heterocycles. The second kappa shape index (κ2) is 5.27. The molecule has 2 N–H and O–H groups in total. The van der Waals surface area contributed by atoms with E-state index in [2.05, 4.69) is 5.32 Å². The highest BCUT2D eigenvalue weighted by atomic mass is 32.2. The van der Waals surface area contributed by atoms with Crippen LogP contribution in [0.25, 0.3) is 0 Å². The number of alkyl carbamates (subject to hydrolysis) is 1. The van der Waals surface area contributed by atoms with Gasteiger partial charge >= 0.3 is 6.09 Å². The zero-order valence-corrected chi connectivity index (χ0v) is 11.0. The van der Waals surface area contributed by atoms with Gasteiger partial charge in [0.05, 0.1) is 5.60 Å². The maximum atomic E-state index is 11.3. The number of ether oxygens (including phenoxy) is 1. The second-order valence-corrected chi connectivity index (χ2v) is 6.31. The molecule has 5 heteroatoms. The van der Waals surface area contributed by atoms with Gasteiger partial charge in [-0.15, -0.1) is 0 Å². The van der Waals surface area contributed by atoms with E-state index in [1.807, 2.05) is 20.8 Å². The smallest absolute Gasteiger partial charge is 0.407 e. The molecule has 4 nitrogen and oxygen atoms in total. The Kier molecular flexibility index (Phi) is 4.50. The van der Waals surface area contributed by atoms with Gasteiger partial charge in [-0.1, -0.05) is 0 Å². The molecule has 0 saturated carbocycles. The van der Waals surface area contributed by atoms with Gasteiger partial charge < -0.3 is 15.2 Å². The molecule has 0 radical (unpaired) electrons. The molecule has 94 valence electrons. The van der Waals surface area contributed by atoms with E-state index in [9.17, 15) is 9.90 Å². The zero-order chi connectivity index (χ0) is 12.2. The predicted octanol–water partition coefficient (Wildman–Crippen LogP) is 1.77. The quantitative estimate of drug-likeness (QED) is 0.798. The minimum absolute atomic E-state index is 0.415. The van der Waals surface area contributed by atoms with E-state index < -0.39 is 17.3 Å². The van der Waals surface area contributed by atoms with Crippen molar-refractivity contribution in [1.82, 2.24) is 5.32 Å². The van der Waals surface area contributed by atoms with E-state index in [1.165, 1.54) is 0 Å². The number of aliphatic hydroxyl groups is 1. The molecule has 16 heavy (non-hydrogen) atoms. The van der Waals surface area contributed by atoms with Gasteiger partial charge in [-0.3, -0.25) is 0 Å². The van der Waals surface area contributed by atoms with Crippen molar-refractivity contribution in [3.8, 4) is 0 Å². The Morgan fingerprint density at radius 3 is 2.75 bits per heavy atom. The molecule has 0 aromatic rings. The summed E-state index contributed by atoms with van der Waals surface area (Å²) in [4.78, 5) is 11.3. The number of nitrogens with one attached hydrogen (secondary N) is 1. The van der Waals surface area contributed by atoms with E-state index in [0.29, 0.717) is 13.0 Å². The summed E-state index contributed by atoms with van der Waals surface area (Å²) in [6.45, 7) is 5.95. The zero-order valence-electron chi connectivity index (χ0n) is 10.2. The Morgan fingerprint density at radius 2 is 2.25 bits per heavy atom. The molecule has 1 rings (SSSR count). The lowest BCUT2D eigenvalue weighted by molar-refractivity contribution is 0.0444. The lowest BCUT2D eigenvalue weighted by Crippen LogP contribution is -2.37. The number of amides is 1. The van der Waals surface area contributed by atoms with Crippen LogP contribution >= 0.6 is 11.8 Å². The first-order chi connectivity index (χ1) is 7.31. The first-order valence-corrected chi connectivity index (χ1v) is 6.73. The number of hydrogen-bond acceptors (Lipinski definition) is 4. The van der Waals surface area contributed by atoms with Gasteiger partial charge in [0.1, 0.15) is 5.60 Å². The third-order valence-electron chi connectivity index (χ3n) is 2.34. The molecule has 0 bridgehead atoms. The summed E-state index contributed by atoms with van der Waals surface area (Å²) in [6.07, 6.45) is 0.995. The van der Waals surface area contributed by atoms with Crippen molar-refractivity contribution >= 4 is 17.9 Å². The van der Waals surface area contributed by atoms with Crippen molar-refractivity contribution in [2.75, 3.05) is 18.1 Å². The minimum atomic E-state index is -0.598. The summed E-state index contributed by atoms with van der Waals surface area (Å²) in [6, 6.07) is 0. The Morgan fingerprint density at radius 1 is 1.56 bits per heavy atom. The van der Waals surface area contributed by atoms with E-state index in [0.717, 1.165) is 17.9 Å². The molecule has 0 aromatic heterocycles. The molecule has 1 saturated heterocycles. The summed E-state index contributed by atoms with van der Waals surface area (Å²) >= 11 is 1.76. The number of rotatable bonds is 3. The van der Waals surface area contributed by atoms with Crippen LogP contribution in [-0.4, -0.2) is 40.5 Å². The maximum absolute atomic E-state index is 11.3. The van der Waals surface area contributed by atoms with E-state index >= 15 is 0 Å². The van der Waals surface area contributed by atoms with Crippen LogP contribution in [-0.2, 0) is 4.74 Å². The van der Waals surface area contributed by atoms with Crippen LogP contribution in [0.5, 0.6) is 0 Å². The Balaban J connectivity index is 2.18. The molecule has 0 aromatic carbocycles. The van der Waals surface area contributed by atoms with Crippen LogP contribution in [0.2, 0.25) is 0 Å². The van der Waals surface area contributed by atoms with Crippen molar-refractivity contribution in [3.63, 3.8) is 0 Å². The molecule has 1 atom stereocenters. The molecular weight excluding hydrogens is 226 g/mol. The fraction of sp³-hybridized carbons (Fsp3) is 0.909. The van der Waals surface area contributed by atoms with Gasteiger partial charge in [0.15, 0.2) is 0 Å². The fourth-order valence-corrected chi connectivity index (χ4v) is 2.84. The standard InChI is InChI=1S/C11H21NO3S/c1-10(2,3)15-9(13)12-6-4-11(14)5-7-16-8-11/h14H,4-8H2,1-3H3,(H,12,13). The summed E-state index contributed by atoms with van der Waals surface area (Å²) < 4.78 is 5.10. The fourth-order valence-electron chi connectivity index (χ4n) is 1.51. The lowest BCUT2D eigenvalue weighted by atomic mass is 10.00. The predicted molar refractivity (Wildman–Crippen MR) is 65.7 cm³/mol. The molecule has 1 heterocycles. The Bertz CT molecular complexity index is 244. The number of carbonyl (C=O) groups is 1. The van der Waals surface area contributed by atoms with Crippen LogP contribution < -0.4 is 5.32 Å².